The maximum absolute atomic E-state index is 11.2. The van der Waals surface area contributed by atoms with Gasteiger partial charge in [-0.15, -0.1) is 18.1 Å². The summed E-state index contributed by atoms with van der Waals surface area (Å²) >= 11 is 0. The van der Waals surface area contributed by atoms with Crippen LogP contribution in [0.2, 0.25) is 18.1 Å². The minimum Gasteiger partial charge on any atom is -0.689 e. The number of benzene rings is 2. The minimum atomic E-state index is -1.89. The van der Waals surface area contributed by atoms with Crippen molar-refractivity contribution in [1.29, 1.82) is 0 Å². The molecule has 0 saturated carbocycles. The Morgan fingerprint density at radius 2 is 1.42 bits per heavy atom. The molecule has 1 atom stereocenters. The van der Waals surface area contributed by atoms with Crippen LogP contribution in [0.15, 0.2) is 72.9 Å². The molecule has 1 aromatic heterocycles. The number of aromatic nitrogens is 1. The van der Waals surface area contributed by atoms with Crippen LogP contribution in [0.5, 0.6) is 11.5 Å². The van der Waals surface area contributed by atoms with Crippen LogP contribution in [0.4, 0.5) is 0 Å². The summed E-state index contributed by atoms with van der Waals surface area (Å²) in [7, 11) is -1.89. The SMILES string of the molecule is CC(=O)Oc1ccc(C(c2ccc(O[Si-](C)(C)C(C)(C)C)cc2)c2ccccn2)cc1. The van der Waals surface area contributed by atoms with Crippen molar-refractivity contribution in [2.45, 2.75) is 51.7 Å². The largest absolute Gasteiger partial charge is 0.689 e. The van der Waals surface area contributed by atoms with Gasteiger partial charge in [0.2, 0.25) is 0 Å². The molecule has 0 aliphatic rings. The van der Waals surface area contributed by atoms with Crippen LogP contribution < -0.4 is 9.16 Å². The predicted molar refractivity (Wildman–Crippen MR) is 127 cm³/mol. The molecule has 1 unspecified atom stereocenters. The third-order valence-electron chi connectivity index (χ3n) is 5.85. The number of hydrogen-bond donors (Lipinski definition) is 0. The Bertz CT molecular complexity index is 1010. The first-order valence-corrected chi connectivity index (χ1v) is 13.5. The second-order valence-electron chi connectivity index (χ2n) is 9.28. The van der Waals surface area contributed by atoms with Crippen LogP contribution in [-0.4, -0.2) is 19.3 Å². The molecule has 1 heterocycles. The molecule has 3 rings (SSSR count). The van der Waals surface area contributed by atoms with E-state index >= 15 is 0 Å². The van der Waals surface area contributed by atoms with E-state index in [4.69, 9.17) is 9.16 Å². The van der Waals surface area contributed by atoms with Crippen LogP contribution in [0.25, 0.3) is 0 Å². The maximum Gasteiger partial charge on any atom is 0.308 e. The Balaban J connectivity index is 1.93. The monoisotopic (exact) mass is 433 g/mol. The van der Waals surface area contributed by atoms with Crippen molar-refractivity contribution in [2.24, 2.45) is 0 Å². The number of hydrogen-bond acceptors (Lipinski definition) is 4. The highest BCUT2D eigenvalue weighted by atomic mass is 28.4. The third-order valence-corrected chi connectivity index (χ3v) is 10.2. The van der Waals surface area contributed by atoms with Gasteiger partial charge in [0, 0.05) is 21.4 Å². The molecule has 0 amide bonds. The first-order chi connectivity index (χ1) is 14.6. The molecule has 0 aliphatic heterocycles. The highest BCUT2D eigenvalue weighted by molar-refractivity contribution is 6.74. The van der Waals surface area contributed by atoms with E-state index in [0.717, 1.165) is 22.6 Å². The minimum absolute atomic E-state index is 0.0329. The summed E-state index contributed by atoms with van der Waals surface area (Å²) in [6.45, 7) is 12.6. The van der Waals surface area contributed by atoms with E-state index in [2.05, 4.69) is 63.1 Å². The normalized spacial score (nSPS) is 12.8. The van der Waals surface area contributed by atoms with Crippen molar-refractivity contribution in [3.8, 4) is 11.5 Å². The lowest BCUT2D eigenvalue weighted by atomic mass is 9.88. The van der Waals surface area contributed by atoms with Gasteiger partial charge in [-0.05, 0) is 47.5 Å². The summed E-state index contributed by atoms with van der Waals surface area (Å²) in [5.74, 6) is 1.08. The predicted octanol–water partition coefficient (Wildman–Crippen LogP) is 6.57. The Labute approximate surface area is 186 Å². The molecular formula is C26H31NO3Si-. The Hall–Kier alpha value is -2.92. The molecule has 0 radical (unpaired) electrons. The van der Waals surface area contributed by atoms with Gasteiger partial charge in [0.25, 0.3) is 0 Å². The fourth-order valence-electron chi connectivity index (χ4n) is 3.15. The first-order valence-electron chi connectivity index (χ1n) is 10.5. The van der Waals surface area contributed by atoms with Crippen molar-refractivity contribution in [2.75, 3.05) is 0 Å². The number of carbonyl (C=O) groups excluding carboxylic acids is 1. The summed E-state index contributed by atoms with van der Waals surface area (Å²) in [4.78, 5) is 15.8. The zero-order chi connectivity index (χ0) is 22.6. The van der Waals surface area contributed by atoms with Gasteiger partial charge in [0.05, 0.1) is 17.4 Å². The Morgan fingerprint density at radius 1 is 0.871 bits per heavy atom. The summed E-state index contributed by atoms with van der Waals surface area (Å²) in [5.41, 5.74) is 3.16. The van der Waals surface area contributed by atoms with Crippen molar-refractivity contribution < 1.29 is 14.0 Å². The molecule has 0 saturated heterocycles. The molecule has 0 N–H and O–H groups in total. The number of ether oxygens (including phenoxy) is 1. The number of carbonyl (C=O) groups is 1. The van der Waals surface area contributed by atoms with E-state index in [1.165, 1.54) is 6.92 Å². The molecule has 5 heteroatoms. The molecule has 163 valence electrons. The molecule has 0 fully saturated rings. The van der Waals surface area contributed by atoms with Crippen molar-refractivity contribution >= 4 is 14.3 Å². The van der Waals surface area contributed by atoms with Crippen molar-refractivity contribution in [3.05, 3.63) is 89.7 Å². The number of esters is 1. The van der Waals surface area contributed by atoms with Crippen LogP contribution in [0, 0.1) is 0 Å². The second kappa shape index (κ2) is 9.06. The smallest absolute Gasteiger partial charge is 0.308 e. The molecule has 31 heavy (non-hydrogen) atoms. The quantitative estimate of drug-likeness (QED) is 0.250. The van der Waals surface area contributed by atoms with Gasteiger partial charge in [-0.1, -0.05) is 51.1 Å². The number of rotatable bonds is 6. The number of nitrogens with zero attached hydrogens (tertiary/aromatic N) is 1. The van der Waals surface area contributed by atoms with Gasteiger partial charge in [-0.2, -0.15) is 0 Å². The maximum atomic E-state index is 11.2. The van der Waals surface area contributed by atoms with Gasteiger partial charge < -0.3 is 9.16 Å². The van der Waals surface area contributed by atoms with Crippen molar-refractivity contribution in [3.63, 3.8) is 0 Å². The summed E-state index contributed by atoms with van der Waals surface area (Å²) in [6.07, 6.45) is 1.81. The molecule has 4 nitrogen and oxygen atoms in total. The van der Waals surface area contributed by atoms with E-state index in [0.29, 0.717) is 5.75 Å². The van der Waals surface area contributed by atoms with E-state index in [-0.39, 0.29) is 16.9 Å². The summed E-state index contributed by atoms with van der Waals surface area (Å²) in [5, 5.41) is 0.145. The molecular weight excluding hydrogens is 402 g/mol. The standard InChI is InChI=1S/C26H31NO3Si/c1-19(28)29-22-14-10-20(11-15-22)25(24-9-7-8-18-27-24)21-12-16-23(17-13-21)30-31(5,6)26(2,3)4/h7-18,25H,1-6H3/q-1. The zero-order valence-electron chi connectivity index (χ0n) is 19.2. The second-order valence-corrected chi connectivity index (χ2v) is 14.0. The van der Waals surface area contributed by atoms with E-state index in [9.17, 15) is 4.79 Å². The molecule has 0 bridgehead atoms. The molecule has 3 aromatic rings. The van der Waals surface area contributed by atoms with E-state index in [1.807, 2.05) is 48.7 Å². The molecule has 0 aliphatic carbocycles. The van der Waals surface area contributed by atoms with Crippen molar-refractivity contribution in [1.82, 2.24) is 4.98 Å². The fourth-order valence-corrected chi connectivity index (χ4v) is 4.18. The van der Waals surface area contributed by atoms with Gasteiger partial charge in [-0.25, -0.2) is 0 Å². The fraction of sp³-hybridized carbons (Fsp3) is 0.308. The third kappa shape index (κ3) is 5.61. The highest BCUT2D eigenvalue weighted by Crippen LogP contribution is 2.38. The molecule has 0 spiro atoms. The lowest BCUT2D eigenvalue weighted by molar-refractivity contribution is -0.131. The van der Waals surface area contributed by atoms with E-state index < -0.39 is 8.32 Å². The van der Waals surface area contributed by atoms with Crippen LogP contribution in [0.1, 0.15) is 50.4 Å². The number of pyridine rings is 1. The highest BCUT2D eigenvalue weighted by Gasteiger charge is 2.26. The van der Waals surface area contributed by atoms with Gasteiger partial charge in [0.15, 0.2) is 0 Å². The van der Waals surface area contributed by atoms with Crippen LogP contribution in [-0.2, 0) is 4.79 Å². The summed E-state index contributed by atoms with van der Waals surface area (Å²) in [6, 6.07) is 21.9. The van der Waals surface area contributed by atoms with Gasteiger partial charge in [0.1, 0.15) is 5.75 Å². The van der Waals surface area contributed by atoms with Crippen LogP contribution in [0.3, 0.4) is 0 Å². The Kier molecular flexibility index (Phi) is 6.65. The average Bonchev–Trinajstić information content (AvgIpc) is 2.70. The van der Waals surface area contributed by atoms with Gasteiger partial charge in [-0.3, -0.25) is 9.78 Å². The summed E-state index contributed by atoms with van der Waals surface area (Å²) < 4.78 is 11.6. The first kappa shape index (κ1) is 22.8. The topological polar surface area (TPSA) is 48.4 Å². The lowest BCUT2D eigenvalue weighted by Crippen LogP contribution is -2.43. The average molecular weight is 434 g/mol. The van der Waals surface area contributed by atoms with Crippen LogP contribution >= 0.6 is 0 Å². The zero-order valence-corrected chi connectivity index (χ0v) is 20.2. The lowest BCUT2D eigenvalue weighted by Gasteiger charge is -2.48. The van der Waals surface area contributed by atoms with Gasteiger partial charge >= 0.3 is 5.97 Å². The Morgan fingerprint density at radius 3 is 1.87 bits per heavy atom. The molecule has 2 aromatic carbocycles. The van der Waals surface area contributed by atoms with E-state index in [1.54, 1.807) is 0 Å².